The molecule has 0 spiro atoms. The molecule has 0 aliphatic rings. The van der Waals surface area contributed by atoms with Crippen molar-refractivity contribution in [2.75, 3.05) is 19.8 Å². The second-order valence-corrected chi connectivity index (χ2v) is 19.7. The molecule has 0 aliphatic heterocycles. The minimum atomic E-state index is -2.77. The van der Waals surface area contributed by atoms with Crippen LogP contribution < -0.4 is 0 Å². The number of hydrogen-bond acceptors (Lipinski definition) is 3. The Bertz CT molecular complexity index is 124. The first-order valence-corrected chi connectivity index (χ1v) is 11.4. The van der Waals surface area contributed by atoms with Gasteiger partial charge in [0.05, 0.1) is 0 Å². The third-order valence-corrected chi connectivity index (χ3v) is 8.00. The molecule has 0 atom stereocenters. The molecule has 0 aromatic carbocycles. The first-order chi connectivity index (χ1) is 5.46. The molecule has 0 rings (SSSR count). The Morgan fingerprint density at radius 2 is 1.08 bits per heavy atom. The predicted molar refractivity (Wildman–Crippen MR) is 69.8 cm³/mol. The van der Waals surface area contributed by atoms with E-state index in [1.807, 2.05) is 20.8 Å². The van der Waals surface area contributed by atoms with Crippen molar-refractivity contribution in [1.29, 1.82) is 0 Å². The van der Waals surface area contributed by atoms with Gasteiger partial charge in [0.25, 0.3) is 0 Å². The fourth-order valence-corrected chi connectivity index (χ4v) is 7.18. The Morgan fingerprint density at radius 1 is 0.846 bits per heavy atom. The molecule has 78 valence electrons. The summed E-state index contributed by atoms with van der Waals surface area (Å²) in [6, 6.07) is 0. The first kappa shape index (κ1) is 17.8. The van der Waals surface area contributed by atoms with Crippen LogP contribution in [0.4, 0.5) is 0 Å². The van der Waals surface area contributed by atoms with E-state index in [2.05, 4.69) is 44.1 Å². The van der Waals surface area contributed by atoms with Crippen molar-refractivity contribution in [3.8, 4) is 0 Å². The van der Waals surface area contributed by atoms with E-state index in [1.54, 1.807) is 0 Å². The topological polar surface area (TPSA) is 27.7 Å². The van der Waals surface area contributed by atoms with Crippen molar-refractivity contribution >= 4 is 46.7 Å². The van der Waals surface area contributed by atoms with Crippen LogP contribution in [0.1, 0.15) is 20.8 Å². The van der Waals surface area contributed by atoms with Gasteiger partial charge in [-0.2, -0.15) is 0 Å². The molecule has 0 aromatic rings. The summed E-state index contributed by atoms with van der Waals surface area (Å²) in [5.41, 5.74) is 0. The standard InChI is InChI=1S/C6H15I2O3P.Zn/c1-4-9-12(7,8,10-5-2)11-6-3;/h4-6H2,1-3H3;. The van der Waals surface area contributed by atoms with Gasteiger partial charge in [0.2, 0.25) is 0 Å². The molecule has 0 aliphatic carbocycles. The Kier molecular flexibility index (Phi) is 10.4. The van der Waals surface area contributed by atoms with E-state index in [0.717, 1.165) is 0 Å². The molecule has 0 radical (unpaired) electrons. The molecule has 0 saturated heterocycles. The summed E-state index contributed by atoms with van der Waals surface area (Å²) in [5, 5.41) is 0. The molecular formula is C6H15I2O3PZn. The summed E-state index contributed by atoms with van der Waals surface area (Å²) >= 11 is 4.32. The van der Waals surface area contributed by atoms with E-state index < -0.39 is 2.57 Å². The molecule has 0 N–H and O–H groups in total. The van der Waals surface area contributed by atoms with Crippen molar-refractivity contribution < 1.29 is 33.0 Å². The average Bonchev–Trinajstić information content (AvgIpc) is 1.86. The van der Waals surface area contributed by atoms with E-state index in [9.17, 15) is 0 Å². The fraction of sp³-hybridized carbons (Fsp3) is 1.00. The molecule has 13 heavy (non-hydrogen) atoms. The zero-order valence-electron chi connectivity index (χ0n) is 8.26. The largest absolute Gasteiger partial charge is 0 e. The molecule has 0 fully saturated rings. The maximum absolute atomic E-state index is 5.56. The average molecular weight is 485 g/mol. The third-order valence-electron chi connectivity index (χ3n) is 0.996. The SMILES string of the molecule is CCOP(I)(I)(OCC)OCC.[Zn]. The summed E-state index contributed by atoms with van der Waals surface area (Å²) in [5.74, 6) is 0. The number of halogens is 2. The minimum absolute atomic E-state index is 0. The molecule has 7 heteroatoms. The van der Waals surface area contributed by atoms with Crippen LogP contribution in [0.3, 0.4) is 0 Å². The minimum Gasteiger partial charge on any atom is 0 e. The smallest absolute Gasteiger partial charge is 0 e. The van der Waals surface area contributed by atoms with Crippen LogP contribution in [-0.4, -0.2) is 19.8 Å². The molecular weight excluding hydrogens is 470 g/mol. The zero-order valence-corrected chi connectivity index (χ0v) is 16.4. The normalized spacial score (nSPS) is 14.4. The first-order valence-electron chi connectivity index (χ1n) is 3.87. The second-order valence-electron chi connectivity index (χ2n) is 1.95. The van der Waals surface area contributed by atoms with Gasteiger partial charge in [-0.1, -0.05) is 0 Å². The van der Waals surface area contributed by atoms with E-state index in [-0.39, 0.29) is 19.5 Å². The van der Waals surface area contributed by atoms with Crippen LogP contribution in [0, 0.1) is 0 Å². The summed E-state index contributed by atoms with van der Waals surface area (Å²) < 4.78 is 13.9. The summed E-state index contributed by atoms with van der Waals surface area (Å²) in [4.78, 5) is 0. The predicted octanol–water partition coefficient (Wildman–Crippen LogP) is 4.09. The van der Waals surface area contributed by atoms with Gasteiger partial charge in [0, 0.05) is 19.5 Å². The van der Waals surface area contributed by atoms with Gasteiger partial charge in [-0.15, -0.1) is 0 Å². The van der Waals surface area contributed by atoms with Crippen LogP contribution in [0.25, 0.3) is 0 Å². The van der Waals surface area contributed by atoms with Gasteiger partial charge in [0.1, 0.15) is 0 Å². The third kappa shape index (κ3) is 7.31. The van der Waals surface area contributed by atoms with Crippen molar-refractivity contribution in [2.45, 2.75) is 20.8 Å². The summed E-state index contributed by atoms with van der Waals surface area (Å²) in [7, 11) is 0. The Balaban J connectivity index is 0. The van der Waals surface area contributed by atoms with Crippen LogP contribution in [0.2, 0.25) is 0 Å². The molecule has 3 nitrogen and oxygen atoms in total. The van der Waals surface area contributed by atoms with Gasteiger partial charge in [-0.25, -0.2) is 0 Å². The van der Waals surface area contributed by atoms with Gasteiger partial charge in [-0.3, -0.25) is 0 Å². The number of rotatable bonds is 6. The van der Waals surface area contributed by atoms with Gasteiger partial charge >= 0.3 is 101 Å². The maximum Gasteiger partial charge on any atom is 0 e. The Morgan fingerprint density at radius 3 is 1.23 bits per heavy atom. The maximum atomic E-state index is 5.56. The van der Waals surface area contributed by atoms with Crippen LogP contribution in [0.5, 0.6) is 0 Å². The summed E-state index contributed by atoms with van der Waals surface area (Å²) in [6.45, 7) is 7.67. The van der Waals surface area contributed by atoms with Gasteiger partial charge < -0.3 is 0 Å². The molecule has 0 unspecified atom stereocenters. The van der Waals surface area contributed by atoms with E-state index in [4.69, 9.17) is 13.6 Å². The van der Waals surface area contributed by atoms with Crippen LogP contribution in [-0.2, 0) is 33.0 Å². The van der Waals surface area contributed by atoms with E-state index in [1.165, 1.54) is 0 Å². The van der Waals surface area contributed by atoms with E-state index in [0.29, 0.717) is 19.8 Å². The fourth-order valence-electron chi connectivity index (χ4n) is 0.721. The van der Waals surface area contributed by atoms with Crippen LogP contribution >= 0.6 is 46.7 Å². The molecule has 0 saturated carbocycles. The second kappa shape index (κ2) is 7.63. The van der Waals surface area contributed by atoms with Crippen LogP contribution in [0.15, 0.2) is 0 Å². The van der Waals surface area contributed by atoms with Gasteiger partial charge in [0.15, 0.2) is 0 Å². The molecule has 0 bridgehead atoms. The van der Waals surface area contributed by atoms with E-state index >= 15 is 0 Å². The summed E-state index contributed by atoms with van der Waals surface area (Å²) in [6.07, 6.45) is 0. The van der Waals surface area contributed by atoms with Crippen molar-refractivity contribution in [1.82, 2.24) is 0 Å². The molecule has 0 amide bonds. The molecule has 0 aromatic heterocycles. The molecule has 0 heterocycles. The van der Waals surface area contributed by atoms with Gasteiger partial charge in [-0.05, 0) is 0 Å². The Hall–Kier alpha value is 2.39. The monoisotopic (exact) mass is 484 g/mol. The van der Waals surface area contributed by atoms with Crippen molar-refractivity contribution in [3.63, 3.8) is 0 Å². The number of hydrogen-bond donors (Lipinski definition) is 0. The van der Waals surface area contributed by atoms with Crippen molar-refractivity contribution in [3.05, 3.63) is 0 Å². The Labute approximate surface area is 119 Å². The quantitative estimate of drug-likeness (QED) is 0.322. The zero-order chi connectivity index (χ0) is 9.69. The van der Waals surface area contributed by atoms with Crippen molar-refractivity contribution in [2.24, 2.45) is 0 Å².